The molecule has 1 radical (unpaired) electrons. The van der Waals surface area contributed by atoms with E-state index >= 15 is 0 Å². The van der Waals surface area contributed by atoms with Crippen molar-refractivity contribution in [3.8, 4) is 11.5 Å². The quantitative estimate of drug-likeness (QED) is 0.345. The molecule has 0 unspecified atom stereocenters. The maximum absolute atomic E-state index is 13.3. The molecule has 1 fully saturated rings. The average Bonchev–Trinajstić information content (AvgIpc) is 2.80. The van der Waals surface area contributed by atoms with Crippen LogP contribution in [0.3, 0.4) is 0 Å². The van der Waals surface area contributed by atoms with Crippen LogP contribution in [0.5, 0.6) is 11.5 Å². The molecule has 0 N–H and O–H groups in total. The van der Waals surface area contributed by atoms with Crippen molar-refractivity contribution in [3.63, 3.8) is 0 Å². The minimum atomic E-state index is -0.996. The fraction of sp³-hybridized carbons (Fsp3) is 0.333. The molecule has 0 aromatic heterocycles. The van der Waals surface area contributed by atoms with E-state index in [1.54, 1.807) is 25.3 Å². The lowest BCUT2D eigenvalue weighted by Crippen LogP contribution is -2.24. The Morgan fingerprint density at radius 3 is 2.34 bits per heavy atom. The van der Waals surface area contributed by atoms with Crippen molar-refractivity contribution in [2.75, 3.05) is 6.61 Å². The third-order valence-corrected chi connectivity index (χ3v) is 4.96. The summed E-state index contributed by atoms with van der Waals surface area (Å²) in [5.41, 5.74) is -0.166. The molecule has 1 saturated carbocycles. The van der Waals surface area contributed by atoms with Crippen LogP contribution in [-0.2, 0) is 14.3 Å². The van der Waals surface area contributed by atoms with Gasteiger partial charge in [0.2, 0.25) is 12.1 Å². The van der Waals surface area contributed by atoms with Crippen molar-refractivity contribution in [1.29, 1.82) is 0 Å². The van der Waals surface area contributed by atoms with E-state index in [1.807, 2.05) is 0 Å². The van der Waals surface area contributed by atoms with E-state index in [1.165, 1.54) is 30.3 Å². The smallest absolute Gasteiger partial charge is 0.434 e. The van der Waals surface area contributed by atoms with Crippen LogP contribution >= 0.6 is 0 Å². The molecule has 1 aliphatic rings. The van der Waals surface area contributed by atoms with Gasteiger partial charge in [0, 0.05) is 0 Å². The highest BCUT2D eigenvalue weighted by molar-refractivity contribution is 6.13. The second-order valence-electron chi connectivity index (χ2n) is 7.12. The molecule has 3 rings (SSSR count). The molecule has 2 aromatic rings. The van der Waals surface area contributed by atoms with Gasteiger partial charge in [0.1, 0.15) is 11.9 Å². The number of ether oxygens (including phenoxy) is 4. The monoisotopic (exact) mass is 439 g/mol. The van der Waals surface area contributed by atoms with Gasteiger partial charge in [0.25, 0.3) is 0 Å². The Balaban J connectivity index is 1.88. The zero-order valence-corrected chi connectivity index (χ0v) is 17.6. The highest BCUT2D eigenvalue weighted by Gasteiger charge is 2.26. The van der Waals surface area contributed by atoms with Crippen LogP contribution in [0, 0.1) is 0 Å². The minimum Gasteiger partial charge on any atom is -0.434 e. The predicted octanol–water partition coefficient (Wildman–Crippen LogP) is 4.76. The van der Waals surface area contributed by atoms with Crippen LogP contribution < -0.4 is 9.47 Å². The zero-order valence-electron chi connectivity index (χ0n) is 17.6. The molecule has 8 nitrogen and oxygen atoms in total. The molecular weight excluding hydrogens is 416 g/mol. The van der Waals surface area contributed by atoms with Gasteiger partial charge in [0.15, 0.2) is 5.75 Å². The summed E-state index contributed by atoms with van der Waals surface area (Å²) >= 11 is 0. The van der Waals surface area contributed by atoms with E-state index < -0.39 is 18.1 Å². The first-order chi connectivity index (χ1) is 15.5. The maximum atomic E-state index is 13.3. The Hall–Kier alpha value is -3.68. The zero-order chi connectivity index (χ0) is 22.9. The fourth-order valence-corrected chi connectivity index (χ4v) is 3.46. The summed E-state index contributed by atoms with van der Waals surface area (Å²) in [5, 5.41) is 0. The molecule has 0 atom stereocenters. The van der Waals surface area contributed by atoms with E-state index in [-0.39, 0.29) is 40.9 Å². The van der Waals surface area contributed by atoms with Crippen molar-refractivity contribution in [1.82, 2.24) is 0 Å². The fourth-order valence-electron chi connectivity index (χ4n) is 3.46. The van der Waals surface area contributed by atoms with Gasteiger partial charge in [-0.2, -0.15) is 0 Å². The van der Waals surface area contributed by atoms with Gasteiger partial charge >= 0.3 is 12.3 Å². The number of hydrogen-bond donors (Lipinski definition) is 0. The number of ketones is 1. The van der Waals surface area contributed by atoms with E-state index in [0.29, 0.717) is 0 Å². The first kappa shape index (κ1) is 23.0. The largest absolute Gasteiger partial charge is 0.514 e. The van der Waals surface area contributed by atoms with Crippen LogP contribution in [-0.4, -0.2) is 37.1 Å². The van der Waals surface area contributed by atoms with E-state index in [4.69, 9.17) is 18.9 Å². The normalized spacial score (nSPS) is 13.7. The van der Waals surface area contributed by atoms with Gasteiger partial charge in [-0.05, 0) is 56.9 Å². The van der Waals surface area contributed by atoms with Crippen LogP contribution in [0.15, 0.2) is 42.5 Å². The summed E-state index contributed by atoms with van der Waals surface area (Å²) in [6, 6.07) is 10.3. The van der Waals surface area contributed by atoms with Crippen LogP contribution in [0.2, 0.25) is 0 Å². The number of hydrogen-bond acceptors (Lipinski definition) is 8. The van der Waals surface area contributed by atoms with E-state index in [2.05, 4.69) is 0 Å². The summed E-state index contributed by atoms with van der Waals surface area (Å²) in [5.74, 6) is -0.922. The Bertz CT molecular complexity index is 991. The van der Waals surface area contributed by atoms with Crippen LogP contribution in [0.25, 0.3) is 0 Å². The predicted molar refractivity (Wildman–Crippen MR) is 113 cm³/mol. The first-order valence-corrected chi connectivity index (χ1v) is 10.4. The average molecular weight is 439 g/mol. The standard InChI is InChI=1S/C24H23O8/c1-2-29-23(27)31-20-14-7-6-12-18(20)21(26)19-13-8-9-16(15-25)22(19)32-24(28)30-17-10-4-3-5-11-17/h6-9,12-14,17H,2-5,10-11H2,1H3. The van der Waals surface area contributed by atoms with Crippen molar-refractivity contribution in [3.05, 3.63) is 59.2 Å². The van der Waals surface area contributed by atoms with Gasteiger partial charge in [-0.15, -0.1) is 0 Å². The van der Waals surface area contributed by atoms with E-state index in [9.17, 15) is 19.2 Å². The van der Waals surface area contributed by atoms with Crippen molar-refractivity contribution >= 4 is 24.4 Å². The summed E-state index contributed by atoms with van der Waals surface area (Å²) < 4.78 is 20.5. The van der Waals surface area contributed by atoms with Gasteiger partial charge < -0.3 is 18.9 Å². The number of carbonyl (C=O) groups excluding carboxylic acids is 4. The SMILES string of the molecule is CCOC(=O)Oc1ccccc1C(=O)c1cccc([C]=O)c1OC(=O)OC1CCCCC1. The Labute approximate surface area is 185 Å². The third-order valence-electron chi connectivity index (χ3n) is 4.96. The second-order valence-corrected chi connectivity index (χ2v) is 7.12. The molecular formula is C24H23O8. The lowest BCUT2D eigenvalue weighted by Gasteiger charge is -2.21. The highest BCUT2D eigenvalue weighted by atomic mass is 16.7. The molecule has 0 amide bonds. The summed E-state index contributed by atoms with van der Waals surface area (Å²) in [4.78, 5) is 48.8. The first-order valence-electron chi connectivity index (χ1n) is 10.4. The number of para-hydroxylation sites is 2. The summed E-state index contributed by atoms with van der Waals surface area (Å²) in [7, 11) is 0. The van der Waals surface area contributed by atoms with Crippen molar-refractivity contribution < 1.29 is 38.1 Å². The lowest BCUT2D eigenvalue weighted by molar-refractivity contribution is 0.0415. The van der Waals surface area contributed by atoms with Crippen molar-refractivity contribution in [2.24, 2.45) is 0 Å². The molecule has 0 bridgehead atoms. The number of rotatable bonds is 7. The molecule has 0 saturated heterocycles. The molecule has 1 aliphatic carbocycles. The van der Waals surface area contributed by atoms with Gasteiger partial charge in [0.05, 0.1) is 23.3 Å². The molecule has 32 heavy (non-hydrogen) atoms. The molecule has 2 aromatic carbocycles. The van der Waals surface area contributed by atoms with E-state index in [0.717, 1.165) is 32.1 Å². The Kier molecular flexibility index (Phi) is 7.96. The molecule has 0 heterocycles. The Morgan fingerprint density at radius 2 is 1.62 bits per heavy atom. The number of carbonyl (C=O) groups is 3. The molecule has 0 spiro atoms. The van der Waals surface area contributed by atoms with Gasteiger partial charge in [-0.1, -0.05) is 24.6 Å². The summed E-state index contributed by atoms with van der Waals surface area (Å²) in [6.07, 6.45) is 3.93. The van der Waals surface area contributed by atoms with Gasteiger partial charge in [-0.3, -0.25) is 9.59 Å². The highest BCUT2D eigenvalue weighted by Crippen LogP contribution is 2.30. The second kappa shape index (κ2) is 11.1. The van der Waals surface area contributed by atoms with Crippen LogP contribution in [0.4, 0.5) is 9.59 Å². The van der Waals surface area contributed by atoms with Crippen molar-refractivity contribution in [2.45, 2.75) is 45.1 Å². The molecule has 167 valence electrons. The lowest BCUT2D eigenvalue weighted by atomic mass is 9.98. The molecule has 0 aliphatic heterocycles. The summed E-state index contributed by atoms with van der Waals surface area (Å²) in [6.45, 7) is 1.73. The minimum absolute atomic E-state index is 0.0223. The third kappa shape index (κ3) is 5.72. The topological polar surface area (TPSA) is 105 Å². The number of benzene rings is 2. The Morgan fingerprint density at radius 1 is 0.906 bits per heavy atom. The van der Waals surface area contributed by atoms with Gasteiger partial charge in [-0.25, -0.2) is 9.59 Å². The van der Waals surface area contributed by atoms with Crippen LogP contribution in [0.1, 0.15) is 60.5 Å². The maximum Gasteiger partial charge on any atom is 0.514 e. The molecule has 8 heteroatoms.